The van der Waals surface area contributed by atoms with Crippen LogP contribution in [0.5, 0.6) is 0 Å². The summed E-state index contributed by atoms with van der Waals surface area (Å²) >= 11 is 0. The minimum absolute atomic E-state index is 0.412. The maximum atomic E-state index is 6.01. The van der Waals surface area contributed by atoms with Crippen molar-refractivity contribution in [3.05, 3.63) is 29.7 Å². The quantitative estimate of drug-likeness (QED) is 0.798. The van der Waals surface area contributed by atoms with Crippen LogP contribution in [0, 0.1) is 0 Å². The first-order valence-corrected chi connectivity index (χ1v) is 5.27. The summed E-state index contributed by atoms with van der Waals surface area (Å²) in [4.78, 5) is 6.22. The van der Waals surface area contributed by atoms with E-state index >= 15 is 0 Å². The fourth-order valence-electron chi connectivity index (χ4n) is 1.48. The zero-order valence-corrected chi connectivity index (χ0v) is 10.2. The molecule has 2 rings (SSSR count). The molecule has 0 aromatic carbocycles. The number of rotatable bonds is 4. The zero-order chi connectivity index (χ0) is 12.4. The third kappa shape index (κ3) is 2.69. The van der Waals surface area contributed by atoms with Crippen molar-refractivity contribution < 1.29 is 4.52 Å². The van der Waals surface area contributed by atoms with Gasteiger partial charge in [0.1, 0.15) is 6.04 Å². The molecular formula is C10H16N6O. The number of nitrogens with two attached hydrogens (primary N) is 1. The van der Waals surface area contributed by atoms with Crippen LogP contribution in [-0.2, 0) is 13.6 Å². The Morgan fingerprint density at radius 1 is 1.53 bits per heavy atom. The summed E-state index contributed by atoms with van der Waals surface area (Å²) < 4.78 is 6.83. The predicted molar refractivity (Wildman–Crippen MR) is 60.9 cm³/mol. The van der Waals surface area contributed by atoms with Crippen LogP contribution >= 0.6 is 0 Å². The van der Waals surface area contributed by atoms with Crippen molar-refractivity contribution in [2.45, 2.75) is 12.6 Å². The van der Waals surface area contributed by atoms with Gasteiger partial charge in [0.05, 0.1) is 12.7 Å². The molecule has 2 aromatic heterocycles. The van der Waals surface area contributed by atoms with Gasteiger partial charge in [0.25, 0.3) is 0 Å². The predicted octanol–water partition coefficient (Wildman–Crippen LogP) is -0.0872. The van der Waals surface area contributed by atoms with Crippen molar-refractivity contribution >= 4 is 0 Å². The summed E-state index contributed by atoms with van der Waals surface area (Å²) in [6, 6.07) is -0.424. The molecule has 17 heavy (non-hydrogen) atoms. The number of hydrogen-bond donors (Lipinski definition) is 1. The Kier molecular flexibility index (Phi) is 3.21. The summed E-state index contributed by atoms with van der Waals surface area (Å²) in [5.41, 5.74) is 6.86. The lowest BCUT2D eigenvalue weighted by atomic mass is 10.2. The van der Waals surface area contributed by atoms with Gasteiger partial charge >= 0.3 is 0 Å². The lowest BCUT2D eigenvalue weighted by molar-refractivity contribution is 0.343. The lowest BCUT2D eigenvalue weighted by Crippen LogP contribution is -2.13. The normalized spacial score (nSPS) is 13.2. The van der Waals surface area contributed by atoms with Crippen LogP contribution in [0.2, 0.25) is 0 Å². The van der Waals surface area contributed by atoms with Crippen LogP contribution in [0.15, 0.2) is 16.9 Å². The average molecular weight is 236 g/mol. The monoisotopic (exact) mass is 236 g/mol. The minimum Gasteiger partial charge on any atom is -0.337 e. The molecule has 0 saturated carbocycles. The fraction of sp³-hybridized carbons (Fsp3) is 0.500. The standard InChI is InChI=1S/C10H16N6O/c1-15(2)6-8-13-10(17-14-8)9(11)7-4-12-16(3)5-7/h4-5,9H,6,11H2,1-3H3. The molecule has 2 aromatic rings. The molecule has 0 saturated heterocycles. The Balaban J connectivity index is 2.14. The third-order valence-electron chi connectivity index (χ3n) is 2.29. The summed E-state index contributed by atoms with van der Waals surface area (Å²) in [5.74, 6) is 1.04. The van der Waals surface area contributed by atoms with Crippen LogP contribution in [0.4, 0.5) is 0 Å². The second kappa shape index (κ2) is 4.64. The molecule has 0 bridgehead atoms. The molecule has 0 fully saturated rings. The maximum Gasteiger partial charge on any atom is 0.248 e. The molecule has 0 amide bonds. The smallest absolute Gasteiger partial charge is 0.248 e. The molecule has 2 N–H and O–H groups in total. The molecule has 2 heterocycles. The minimum atomic E-state index is -0.424. The van der Waals surface area contributed by atoms with Gasteiger partial charge in [0.2, 0.25) is 5.89 Å². The van der Waals surface area contributed by atoms with Gasteiger partial charge in [-0.2, -0.15) is 10.1 Å². The molecule has 7 heteroatoms. The Bertz CT molecular complexity index is 488. The molecule has 0 aliphatic heterocycles. The van der Waals surface area contributed by atoms with Crippen LogP contribution in [0.25, 0.3) is 0 Å². The van der Waals surface area contributed by atoms with E-state index in [1.807, 2.05) is 32.2 Å². The maximum absolute atomic E-state index is 6.01. The van der Waals surface area contributed by atoms with E-state index in [1.54, 1.807) is 10.9 Å². The lowest BCUT2D eigenvalue weighted by Gasteiger charge is -2.04. The first kappa shape index (κ1) is 11.7. The van der Waals surface area contributed by atoms with Crippen molar-refractivity contribution in [1.82, 2.24) is 24.8 Å². The van der Waals surface area contributed by atoms with Gasteiger partial charge in [0.15, 0.2) is 5.82 Å². The van der Waals surface area contributed by atoms with E-state index in [1.165, 1.54) is 0 Å². The highest BCUT2D eigenvalue weighted by Crippen LogP contribution is 2.16. The van der Waals surface area contributed by atoms with Crippen molar-refractivity contribution in [3.63, 3.8) is 0 Å². The Hall–Kier alpha value is -1.73. The van der Waals surface area contributed by atoms with E-state index in [0.29, 0.717) is 18.3 Å². The van der Waals surface area contributed by atoms with Gasteiger partial charge in [-0.3, -0.25) is 4.68 Å². The highest BCUT2D eigenvalue weighted by molar-refractivity contribution is 5.16. The SMILES string of the molecule is CN(C)Cc1noc(C(N)c2cnn(C)c2)n1. The summed E-state index contributed by atoms with van der Waals surface area (Å²) in [5, 5.41) is 7.93. The van der Waals surface area contributed by atoms with Crippen molar-refractivity contribution in [1.29, 1.82) is 0 Å². The van der Waals surface area contributed by atoms with Crippen LogP contribution in [0.1, 0.15) is 23.3 Å². The van der Waals surface area contributed by atoms with Crippen LogP contribution < -0.4 is 5.73 Å². The van der Waals surface area contributed by atoms with Gasteiger partial charge in [-0.05, 0) is 14.1 Å². The molecular weight excluding hydrogens is 220 g/mol. The van der Waals surface area contributed by atoms with Crippen LogP contribution in [0.3, 0.4) is 0 Å². The van der Waals surface area contributed by atoms with E-state index in [9.17, 15) is 0 Å². The summed E-state index contributed by atoms with van der Waals surface area (Å²) in [6.07, 6.45) is 3.53. The molecule has 0 aliphatic carbocycles. The van der Waals surface area contributed by atoms with Gasteiger partial charge in [0, 0.05) is 18.8 Å². The van der Waals surface area contributed by atoms with E-state index in [4.69, 9.17) is 10.3 Å². The molecule has 0 spiro atoms. The molecule has 92 valence electrons. The summed E-state index contributed by atoms with van der Waals surface area (Å²) in [7, 11) is 5.72. The second-order valence-corrected chi connectivity index (χ2v) is 4.21. The summed E-state index contributed by atoms with van der Waals surface area (Å²) in [6.45, 7) is 0.628. The Morgan fingerprint density at radius 2 is 2.29 bits per heavy atom. The number of nitrogens with zero attached hydrogens (tertiary/aromatic N) is 5. The Labute approximate surface area is 99.2 Å². The molecule has 1 unspecified atom stereocenters. The molecule has 7 nitrogen and oxygen atoms in total. The van der Waals surface area contributed by atoms with Gasteiger partial charge in [-0.25, -0.2) is 0 Å². The molecule has 1 atom stereocenters. The topological polar surface area (TPSA) is 86.0 Å². The first-order chi connectivity index (χ1) is 8.06. The Morgan fingerprint density at radius 3 is 2.88 bits per heavy atom. The van der Waals surface area contributed by atoms with E-state index in [-0.39, 0.29) is 0 Å². The highest BCUT2D eigenvalue weighted by Gasteiger charge is 2.18. The number of aryl methyl sites for hydroxylation is 1. The van der Waals surface area contributed by atoms with Gasteiger partial charge in [-0.1, -0.05) is 5.16 Å². The first-order valence-electron chi connectivity index (χ1n) is 5.27. The van der Waals surface area contributed by atoms with Crippen LogP contribution in [-0.4, -0.2) is 38.9 Å². The van der Waals surface area contributed by atoms with Crippen molar-refractivity contribution in [2.75, 3.05) is 14.1 Å². The number of aromatic nitrogens is 4. The average Bonchev–Trinajstić information content (AvgIpc) is 2.85. The van der Waals surface area contributed by atoms with E-state index in [0.717, 1.165) is 5.56 Å². The van der Waals surface area contributed by atoms with Crippen molar-refractivity contribution in [2.24, 2.45) is 12.8 Å². The molecule has 0 radical (unpaired) electrons. The third-order valence-corrected chi connectivity index (χ3v) is 2.29. The van der Waals surface area contributed by atoms with E-state index in [2.05, 4.69) is 15.2 Å². The van der Waals surface area contributed by atoms with Crippen molar-refractivity contribution in [3.8, 4) is 0 Å². The second-order valence-electron chi connectivity index (χ2n) is 4.21. The van der Waals surface area contributed by atoms with Gasteiger partial charge in [-0.15, -0.1) is 0 Å². The zero-order valence-electron chi connectivity index (χ0n) is 10.2. The van der Waals surface area contributed by atoms with E-state index < -0.39 is 6.04 Å². The van der Waals surface area contributed by atoms with Gasteiger partial charge < -0.3 is 15.2 Å². The largest absolute Gasteiger partial charge is 0.337 e. The number of hydrogen-bond acceptors (Lipinski definition) is 6. The highest BCUT2D eigenvalue weighted by atomic mass is 16.5. The fourth-order valence-corrected chi connectivity index (χ4v) is 1.48. The molecule has 0 aliphatic rings.